The van der Waals surface area contributed by atoms with E-state index in [-0.39, 0.29) is 17.8 Å². The highest BCUT2D eigenvalue weighted by atomic mass is 32.2. The van der Waals surface area contributed by atoms with E-state index in [9.17, 15) is 9.59 Å². The molecule has 2 rings (SSSR count). The van der Waals surface area contributed by atoms with Crippen LogP contribution in [-0.4, -0.2) is 34.2 Å². The number of carboxylic acid groups (broad SMARTS) is 1. The van der Waals surface area contributed by atoms with E-state index in [0.29, 0.717) is 5.75 Å². The first-order chi connectivity index (χ1) is 8.09. The summed E-state index contributed by atoms with van der Waals surface area (Å²) < 4.78 is 0. The van der Waals surface area contributed by atoms with Crippen LogP contribution in [0.15, 0.2) is 24.3 Å². The Bertz CT molecular complexity index is 461. The van der Waals surface area contributed by atoms with Crippen LogP contribution in [0.1, 0.15) is 16.5 Å². The molecule has 1 amide bonds. The Balaban J connectivity index is 2.28. The van der Waals surface area contributed by atoms with Crippen molar-refractivity contribution in [1.29, 1.82) is 0 Å². The third kappa shape index (κ3) is 2.44. The normalized spacial score (nSPS) is 19.7. The molecule has 0 bridgehead atoms. The molecule has 17 heavy (non-hydrogen) atoms. The summed E-state index contributed by atoms with van der Waals surface area (Å²) in [5.74, 6) is -0.725. The van der Waals surface area contributed by atoms with Crippen molar-refractivity contribution < 1.29 is 14.7 Å². The van der Waals surface area contributed by atoms with Gasteiger partial charge in [-0.3, -0.25) is 9.59 Å². The summed E-state index contributed by atoms with van der Waals surface area (Å²) in [6.45, 7) is 1.74. The number of benzene rings is 1. The molecule has 1 N–H and O–H groups in total. The van der Waals surface area contributed by atoms with Crippen LogP contribution >= 0.6 is 11.8 Å². The quantitative estimate of drug-likeness (QED) is 0.887. The Kier molecular flexibility index (Phi) is 3.38. The summed E-state index contributed by atoms with van der Waals surface area (Å²) in [6, 6.07) is 7.75. The number of carbonyl (C=O) groups excluding carboxylic acids is 1. The van der Waals surface area contributed by atoms with Gasteiger partial charge in [0, 0.05) is 0 Å². The molecule has 5 heteroatoms. The molecule has 1 atom stereocenters. The molecule has 4 nitrogen and oxygen atoms in total. The van der Waals surface area contributed by atoms with Gasteiger partial charge in [0.15, 0.2) is 0 Å². The molecule has 0 aromatic heterocycles. The van der Waals surface area contributed by atoms with Gasteiger partial charge in [-0.1, -0.05) is 24.3 Å². The fourth-order valence-electron chi connectivity index (χ4n) is 1.89. The van der Waals surface area contributed by atoms with Crippen LogP contribution < -0.4 is 0 Å². The molecule has 1 heterocycles. The summed E-state index contributed by atoms with van der Waals surface area (Å²) in [6.07, 6.45) is 0. The van der Waals surface area contributed by atoms with E-state index in [1.54, 1.807) is 0 Å². The lowest BCUT2D eigenvalue weighted by molar-refractivity contribution is -0.143. The maximum absolute atomic E-state index is 11.6. The van der Waals surface area contributed by atoms with E-state index in [0.717, 1.165) is 11.1 Å². The van der Waals surface area contributed by atoms with Gasteiger partial charge in [0.05, 0.1) is 5.75 Å². The zero-order valence-corrected chi connectivity index (χ0v) is 10.2. The minimum atomic E-state index is -0.973. The van der Waals surface area contributed by atoms with Crippen molar-refractivity contribution in [1.82, 2.24) is 4.90 Å². The standard InChI is InChI=1S/C12H13NO3S/c1-8-4-2-3-5-9(8)12-13(6-11(15)16)10(14)7-17-12/h2-5,12H,6-7H2,1H3,(H,15,16). The van der Waals surface area contributed by atoms with Gasteiger partial charge in [-0.15, -0.1) is 11.8 Å². The number of amides is 1. The number of aryl methyl sites for hydroxylation is 1. The molecule has 0 aliphatic carbocycles. The first kappa shape index (κ1) is 12.0. The van der Waals surface area contributed by atoms with Crippen LogP contribution in [0.2, 0.25) is 0 Å². The third-order valence-corrected chi connectivity index (χ3v) is 3.97. The average Bonchev–Trinajstić information content (AvgIpc) is 2.61. The topological polar surface area (TPSA) is 57.6 Å². The van der Waals surface area contributed by atoms with Gasteiger partial charge < -0.3 is 10.0 Å². The van der Waals surface area contributed by atoms with Crippen LogP contribution in [0.3, 0.4) is 0 Å². The zero-order chi connectivity index (χ0) is 12.4. The summed E-state index contributed by atoms with van der Waals surface area (Å²) in [4.78, 5) is 23.8. The highest BCUT2D eigenvalue weighted by Crippen LogP contribution is 2.39. The molecule has 1 aliphatic heterocycles. The van der Waals surface area contributed by atoms with Crippen molar-refractivity contribution in [3.63, 3.8) is 0 Å². The van der Waals surface area contributed by atoms with Crippen LogP contribution in [0.4, 0.5) is 0 Å². The lowest BCUT2D eigenvalue weighted by Gasteiger charge is -2.23. The molecular formula is C12H13NO3S. The summed E-state index contributed by atoms with van der Waals surface area (Å²) in [5, 5.41) is 8.66. The Hall–Kier alpha value is -1.49. The van der Waals surface area contributed by atoms with Gasteiger partial charge in [0.1, 0.15) is 11.9 Å². The second-order valence-corrected chi connectivity index (χ2v) is 5.00. The first-order valence-corrected chi connectivity index (χ1v) is 6.33. The molecule has 1 saturated heterocycles. The summed E-state index contributed by atoms with van der Waals surface area (Å²) in [5.41, 5.74) is 2.10. The highest BCUT2D eigenvalue weighted by Gasteiger charge is 2.34. The van der Waals surface area contributed by atoms with Gasteiger partial charge in [-0.2, -0.15) is 0 Å². The Labute approximate surface area is 104 Å². The summed E-state index contributed by atoms with van der Waals surface area (Å²) >= 11 is 1.48. The fourth-order valence-corrected chi connectivity index (χ4v) is 3.17. The Morgan fingerprint density at radius 1 is 1.53 bits per heavy atom. The number of rotatable bonds is 3. The van der Waals surface area contributed by atoms with Crippen molar-refractivity contribution in [2.24, 2.45) is 0 Å². The Morgan fingerprint density at radius 3 is 2.88 bits per heavy atom. The highest BCUT2D eigenvalue weighted by molar-refractivity contribution is 8.00. The molecule has 1 fully saturated rings. The van der Waals surface area contributed by atoms with Crippen LogP contribution in [-0.2, 0) is 9.59 Å². The maximum atomic E-state index is 11.6. The predicted octanol–water partition coefficient (Wildman–Crippen LogP) is 1.65. The monoisotopic (exact) mass is 251 g/mol. The Morgan fingerprint density at radius 2 is 2.24 bits per heavy atom. The van der Waals surface area contributed by atoms with Gasteiger partial charge in [-0.05, 0) is 18.1 Å². The third-order valence-electron chi connectivity index (χ3n) is 2.73. The lowest BCUT2D eigenvalue weighted by atomic mass is 10.1. The molecule has 1 aromatic rings. The first-order valence-electron chi connectivity index (χ1n) is 5.28. The van der Waals surface area contributed by atoms with Crippen molar-refractivity contribution in [2.75, 3.05) is 12.3 Å². The number of thioether (sulfide) groups is 1. The number of nitrogens with zero attached hydrogens (tertiary/aromatic N) is 1. The number of hydrogen-bond acceptors (Lipinski definition) is 3. The van der Waals surface area contributed by atoms with Crippen LogP contribution in [0, 0.1) is 6.92 Å². The van der Waals surface area contributed by atoms with Gasteiger partial charge in [-0.25, -0.2) is 0 Å². The van der Waals surface area contributed by atoms with Crippen LogP contribution in [0.5, 0.6) is 0 Å². The molecule has 0 spiro atoms. The summed E-state index contributed by atoms with van der Waals surface area (Å²) in [7, 11) is 0. The maximum Gasteiger partial charge on any atom is 0.323 e. The van der Waals surface area contributed by atoms with E-state index >= 15 is 0 Å². The van der Waals surface area contributed by atoms with Gasteiger partial charge in [0.2, 0.25) is 5.91 Å². The lowest BCUT2D eigenvalue weighted by Crippen LogP contribution is -2.33. The number of carboxylic acids is 1. The van der Waals surface area contributed by atoms with Crippen LogP contribution in [0.25, 0.3) is 0 Å². The van der Waals surface area contributed by atoms with E-state index in [1.807, 2.05) is 31.2 Å². The van der Waals surface area contributed by atoms with Crippen molar-refractivity contribution in [2.45, 2.75) is 12.3 Å². The number of carbonyl (C=O) groups is 2. The average molecular weight is 251 g/mol. The molecule has 0 radical (unpaired) electrons. The fraction of sp³-hybridized carbons (Fsp3) is 0.333. The van der Waals surface area contributed by atoms with Crippen molar-refractivity contribution in [3.05, 3.63) is 35.4 Å². The SMILES string of the molecule is Cc1ccccc1C1SCC(=O)N1CC(=O)O. The molecule has 90 valence electrons. The van der Waals surface area contributed by atoms with Gasteiger partial charge in [0.25, 0.3) is 0 Å². The molecule has 1 unspecified atom stereocenters. The second kappa shape index (κ2) is 4.79. The minimum Gasteiger partial charge on any atom is -0.480 e. The molecule has 1 aliphatic rings. The minimum absolute atomic E-state index is 0.106. The van der Waals surface area contributed by atoms with E-state index in [2.05, 4.69) is 0 Å². The van der Waals surface area contributed by atoms with E-state index in [1.165, 1.54) is 16.7 Å². The van der Waals surface area contributed by atoms with Crippen molar-refractivity contribution >= 4 is 23.6 Å². The molecule has 1 aromatic carbocycles. The molecule has 0 saturated carbocycles. The number of hydrogen-bond donors (Lipinski definition) is 1. The van der Waals surface area contributed by atoms with E-state index < -0.39 is 5.97 Å². The predicted molar refractivity (Wildman–Crippen MR) is 65.7 cm³/mol. The molecular weight excluding hydrogens is 238 g/mol. The van der Waals surface area contributed by atoms with E-state index in [4.69, 9.17) is 5.11 Å². The van der Waals surface area contributed by atoms with Crippen molar-refractivity contribution in [3.8, 4) is 0 Å². The zero-order valence-electron chi connectivity index (χ0n) is 9.42. The largest absolute Gasteiger partial charge is 0.480 e. The smallest absolute Gasteiger partial charge is 0.323 e. The second-order valence-electron chi connectivity index (χ2n) is 3.94. The number of aliphatic carboxylic acids is 1. The van der Waals surface area contributed by atoms with Gasteiger partial charge >= 0.3 is 5.97 Å².